The lowest BCUT2D eigenvalue weighted by Gasteiger charge is -2.23. The van der Waals surface area contributed by atoms with Crippen LogP contribution in [-0.4, -0.2) is 35.0 Å². The van der Waals surface area contributed by atoms with E-state index in [0.717, 1.165) is 19.3 Å². The number of amides is 1. The molecule has 1 saturated heterocycles. The monoisotopic (exact) mass is 492 g/mol. The summed E-state index contributed by atoms with van der Waals surface area (Å²) in [6.07, 6.45) is 4.40. The summed E-state index contributed by atoms with van der Waals surface area (Å²) in [5.41, 5.74) is 1.08. The van der Waals surface area contributed by atoms with Crippen LogP contribution in [0, 0.1) is 0 Å². The van der Waals surface area contributed by atoms with E-state index < -0.39 is 17.7 Å². The first-order valence-corrected chi connectivity index (χ1v) is 12.6. The summed E-state index contributed by atoms with van der Waals surface area (Å²) in [5, 5.41) is 13.4. The average Bonchev–Trinajstić information content (AvgIpc) is 3.50. The third kappa shape index (κ3) is 5.22. The van der Waals surface area contributed by atoms with Crippen LogP contribution in [0.3, 0.4) is 0 Å². The normalized spacial score (nSPS) is 17.1. The number of hydrogen-bond acceptors (Lipinski definition) is 7. The standard InChI is InChI=1S/C27H28N2O5S/c1-3-5-15-34-20-11-9-18(10-12-20)23-22(25(31)26(32)29(23)27-28-13-16-35-27)24(30)19-7-6-8-21(17-19)33-14-4-2/h6-13,16-17,23,30H,3-5,14-15H2,1-2H3. The van der Waals surface area contributed by atoms with E-state index in [1.54, 1.807) is 35.8 Å². The number of anilines is 1. The summed E-state index contributed by atoms with van der Waals surface area (Å²) in [4.78, 5) is 32.0. The van der Waals surface area contributed by atoms with Crippen molar-refractivity contribution in [1.29, 1.82) is 0 Å². The molecule has 1 amide bonds. The van der Waals surface area contributed by atoms with Crippen molar-refractivity contribution in [2.24, 2.45) is 0 Å². The van der Waals surface area contributed by atoms with E-state index >= 15 is 0 Å². The van der Waals surface area contributed by atoms with Crippen LogP contribution >= 0.6 is 11.3 Å². The van der Waals surface area contributed by atoms with Crippen LogP contribution in [0.1, 0.15) is 50.3 Å². The van der Waals surface area contributed by atoms with E-state index in [1.807, 2.05) is 31.2 Å². The Hall–Kier alpha value is -3.65. The third-order valence-electron chi connectivity index (χ3n) is 5.61. The Morgan fingerprint density at radius 1 is 1.03 bits per heavy atom. The molecule has 35 heavy (non-hydrogen) atoms. The van der Waals surface area contributed by atoms with Gasteiger partial charge in [-0.1, -0.05) is 44.5 Å². The minimum Gasteiger partial charge on any atom is -0.507 e. The van der Waals surface area contributed by atoms with E-state index in [9.17, 15) is 14.7 Å². The maximum atomic E-state index is 13.2. The van der Waals surface area contributed by atoms with Gasteiger partial charge < -0.3 is 14.6 Å². The molecule has 1 aromatic heterocycles. The quantitative estimate of drug-likeness (QED) is 0.168. The van der Waals surface area contributed by atoms with Crippen molar-refractivity contribution in [2.45, 2.75) is 39.2 Å². The van der Waals surface area contributed by atoms with Crippen LogP contribution < -0.4 is 14.4 Å². The Bertz CT molecular complexity index is 1200. The zero-order valence-corrected chi connectivity index (χ0v) is 20.6. The summed E-state index contributed by atoms with van der Waals surface area (Å²) in [6, 6.07) is 13.3. The number of Topliss-reactive ketones (excluding diaryl/α,β-unsaturated/α-hetero) is 1. The van der Waals surface area contributed by atoms with Gasteiger partial charge in [-0.3, -0.25) is 14.5 Å². The topological polar surface area (TPSA) is 89.0 Å². The molecule has 2 aromatic carbocycles. The number of ketones is 1. The highest BCUT2D eigenvalue weighted by molar-refractivity contribution is 7.14. The van der Waals surface area contributed by atoms with Crippen molar-refractivity contribution in [3.63, 3.8) is 0 Å². The molecule has 0 bridgehead atoms. The molecular formula is C27H28N2O5S. The largest absolute Gasteiger partial charge is 0.507 e. The molecule has 0 radical (unpaired) electrons. The smallest absolute Gasteiger partial charge is 0.301 e. The molecule has 1 unspecified atom stereocenters. The lowest BCUT2D eigenvalue weighted by Crippen LogP contribution is -2.29. The van der Waals surface area contributed by atoms with Gasteiger partial charge in [0.2, 0.25) is 0 Å². The van der Waals surface area contributed by atoms with Gasteiger partial charge in [-0.15, -0.1) is 11.3 Å². The Morgan fingerprint density at radius 3 is 2.49 bits per heavy atom. The Labute approximate surface area is 208 Å². The van der Waals surface area contributed by atoms with E-state index in [-0.39, 0.29) is 11.3 Å². The third-order valence-corrected chi connectivity index (χ3v) is 6.38. The second-order valence-corrected chi connectivity index (χ2v) is 9.00. The van der Waals surface area contributed by atoms with Gasteiger partial charge in [-0.05, 0) is 42.7 Å². The van der Waals surface area contributed by atoms with E-state index in [1.165, 1.54) is 16.2 Å². The Kier molecular flexibility index (Phi) is 7.82. The highest BCUT2D eigenvalue weighted by Crippen LogP contribution is 2.43. The van der Waals surface area contributed by atoms with Crippen molar-refractivity contribution in [2.75, 3.05) is 18.1 Å². The van der Waals surface area contributed by atoms with E-state index in [0.29, 0.717) is 41.0 Å². The first kappa shape index (κ1) is 24.5. The van der Waals surface area contributed by atoms with Crippen LogP contribution in [0.5, 0.6) is 11.5 Å². The van der Waals surface area contributed by atoms with Crippen molar-refractivity contribution >= 4 is 33.9 Å². The molecule has 182 valence electrons. The lowest BCUT2D eigenvalue weighted by atomic mass is 9.95. The van der Waals surface area contributed by atoms with Gasteiger partial charge in [0.25, 0.3) is 5.78 Å². The van der Waals surface area contributed by atoms with E-state index in [2.05, 4.69) is 11.9 Å². The van der Waals surface area contributed by atoms with E-state index in [4.69, 9.17) is 9.47 Å². The van der Waals surface area contributed by atoms with Crippen LogP contribution in [0.2, 0.25) is 0 Å². The van der Waals surface area contributed by atoms with Crippen LogP contribution in [0.25, 0.3) is 5.76 Å². The molecule has 1 aliphatic rings. The summed E-state index contributed by atoms with van der Waals surface area (Å²) >= 11 is 1.26. The van der Waals surface area contributed by atoms with Gasteiger partial charge in [-0.25, -0.2) is 4.98 Å². The highest BCUT2D eigenvalue weighted by atomic mass is 32.1. The SMILES string of the molecule is CCCCOc1ccc(C2C(=C(O)c3cccc(OCCC)c3)C(=O)C(=O)N2c2nccs2)cc1. The van der Waals surface area contributed by atoms with Gasteiger partial charge in [0, 0.05) is 17.1 Å². The molecule has 2 heterocycles. The number of carbonyl (C=O) groups is 2. The number of hydrogen-bond donors (Lipinski definition) is 1. The van der Waals surface area contributed by atoms with Gasteiger partial charge in [-0.2, -0.15) is 0 Å². The first-order chi connectivity index (χ1) is 17.0. The van der Waals surface area contributed by atoms with Gasteiger partial charge in [0.1, 0.15) is 17.3 Å². The zero-order valence-electron chi connectivity index (χ0n) is 19.8. The minimum atomic E-state index is -0.828. The average molecular weight is 493 g/mol. The number of ether oxygens (including phenoxy) is 2. The predicted molar refractivity (Wildman–Crippen MR) is 136 cm³/mol. The fraction of sp³-hybridized carbons (Fsp3) is 0.296. The first-order valence-electron chi connectivity index (χ1n) is 11.7. The number of aliphatic hydroxyl groups excluding tert-OH is 1. The van der Waals surface area contributed by atoms with Crippen molar-refractivity contribution in [3.8, 4) is 11.5 Å². The second-order valence-electron chi connectivity index (χ2n) is 8.13. The molecule has 1 N–H and O–H groups in total. The summed E-state index contributed by atoms with van der Waals surface area (Å²) in [5.74, 6) is -0.457. The maximum absolute atomic E-state index is 13.2. The fourth-order valence-corrected chi connectivity index (χ4v) is 4.54. The number of carbonyl (C=O) groups excluding carboxylic acids is 2. The molecular weight excluding hydrogens is 464 g/mol. The molecule has 0 aliphatic carbocycles. The number of thiazole rings is 1. The molecule has 3 aromatic rings. The number of aromatic nitrogens is 1. The molecule has 0 spiro atoms. The predicted octanol–water partition coefficient (Wildman–Crippen LogP) is 5.74. The van der Waals surface area contributed by atoms with Crippen LogP contribution in [-0.2, 0) is 9.59 Å². The Morgan fingerprint density at radius 2 is 1.80 bits per heavy atom. The lowest BCUT2D eigenvalue weighted by molar-refractivity contribution is -0.132. The second kappa shape index (κ2) is 11.2. The number of unbranched alkanes of at least 4 members (excludes halogenated alkanes) is 1. The van der Waals surface area contributed by atoms with Gasteiger partial charge >= 0.3 is 5.91 Å². The van der Waals surface area contributed by atoms with Crippen molar-refractivity contribution in [3.05, 3.63) is 76.8 Å². The number of nitrogens with zero attached hydrogens (tertiary/aromatic N) is 2. The van der Waals surface area contributed by atoms with Crippen molar-refractivity contribution < 1.29 is 24.2 Å². The molecule has 0 saturated carbocycles. The maximum Gasteiger partial charge on any atom is 0.301 e. The summed E-state index contributed by atoms with van der Waals surface area (Å²) in [6.45, 7) is 5.25. The zero-order chi connectivity index (χ0) is 24.8. The molecule has 7 nitrogen and oxygen atoms in total. The van der Waals surface area contributed by atoms with Crippen LogP contribution in [0.4, 0.5) is 5.13 Å². The van der Waals surface area contributed by atoms with Crippen molar-refractivity contribution in [1.82, 2.24) is 4.98 Å². The summed E-state index contributed by atoms with van der Waals surface area (Å²) < 4.78 is 11.4. The number of rotatable bonds is 10. The highest BCUT2D eigenvalue weighted by Gasteiger charge is 2.48. The minimum absolute atomic E-state index is 0.0116. The molecule has 1 atom stereocenters. The Balaban J connectivity index is 1.77. The number of benzene rings is 2. The molecule has 8 heteroatoms. The molecule has 1 fully saturated rings. The number of aliphatic hydroxyl groups is 1. The van der Waals surface area contributed by atoms with Gasteiger partial charge in [0.05, 0.1) is 24.8 Å². The summed E-state index contributed by atoms with van der Waals surface area (Å²) in [7, 11) is 0. The van der Waals surface area contributed by atoms with Gasteiger partial charge in [0.15, 0.2) is 5.13 Å². The molecule has 1 aliphatic heterocycles. The van der Waals surface area contributed by atoms with Crippen LogP contribution in [0.15, 0.2) is 65.7 Å². The molecule has 4 rings (SSSR count). The fourth-order valence-electron chi connectivity index (χ4n) is 3.87.